The van der Waals surface area contributed by atoms with Crippen LogP contribution in [0.15, 0.2) is 24.3 Å². The Hall–Kier alpha value is -1.56. The van der Waals surface area contributed by atoms with Gasteiger partial charge in [0.25, 0.3) is 0 Å². The number of sulfone groups is 1. The Morgan fingerprint density at radius 1 is 1.10 bits per heavy atom. The van der Waals surface area contributed by atoms with Gasteiger partial charge in [-0.15, -0.1) is 0 Å². The zero-order valence-corrected chi connectivity index (χ0v) is 12.5. The minimum absolute atomic E-state index is 0.0701. The number of ether oxygens (including phenoxy) is 2. The molecule has 1 aromatic rings. The van der Waals surface area contributed by atoms with Gasteiger partial charge in [-0.05, 0) is 49.4 Å². The Labute approximate surface area is 124 Å². The van der Waals surface area contributed by atoms with Crippen LogP contribution < -0.4 is 9.47 Å². The topological polar surface area (TPSA) is 69.7 Å². The van der Waals surface area contributed by atoms with Crippen LogP contribution >= 0.6 is 0 Å². The van der Waals surface area contributed by atoms with Crippen molar-refractivity contribution >= 4 is 15.8 Å². The summed E-state index contributed by atoms with van der Waals surface area (Å²) in [5.74, 6) is 0.818. The van der Waals surface area contributed by atoms with Gasteiger partial charge in [0.05, 0.1) is 24.0 Å². The van der Waals surface area contributed by atoms with Crippen molar-refractivity contribution in [3.05, 3.63) is 24.3 Å². The molecular weight excluding hydrogens is 292 g/mol. The SMILES string of the molecule is O=C(Oc1ccc(OCC2CC2)cc1)[C@@H]1CCS(=O)(=O)C1. The highest BCUT2D eigenvalue weighted by molar-refractivity contribution is 7.91. The summed E-state index contributed by atoms with van der Waals surface area (Å²) in [6.07, 6.45) is 2.82. The third-order valence-electron chi connectivity index (χ3n) is 3.79. The number of hydrogen-bond donors (Lipinski definition) is 0. The van der Waals surface area contributed by atoms with Crippen molar-refractivity contribution in [1.29, 1.82) is 0 Å². The molecule has 1 atom stereocenters. The summed E-state index contributed by atoms with van der Waals surface area (Å²) in [5, 5.41) is 0. The van der Waals surface area contributed by atoms with Crippen molar-refractivity contribution in [1.82, 2.24) is 0 Å². The Kier molecular flexibility index (Phi) is 3.89. The number of benzene rings is 1. The summed E-state index contributed by atoms with van der Waals surface area (Å²) in [6.45, 7) is 0.735. The molecule has 5 nitrogen and oxygen atoms in total. The van der Waals surface area contributed by atoms with E-state index in [-0.39, 0.29) is 11.5 Å². The molecule has 1 saturated heterocycles. The Bertz CT molecular complexity index is 616. The number of rotatable bonds is 5. The van der Waals surface area contributed by atoms with Crippen molar-refractivity contribution in [2.24, 2.45) is 11.8 Å². The van der Waals surface area contributed by atoms with Gasteiger partial charge in [-0.2, -0.15) is 0 Å². The third-order valence-corrected chi connectivity index (χ3v) is 5.56. The fraction of sp³-hybridized carbons (Fsp3) is 0.533. The Morgan fingerprint density at radius 2 is 1.76 bits per heavy atom. The lowest BCUT2D eigenvalue weighted by Gasteiger charge is -2.09. The fourth-order valence-corrected chi connectivity index (χ4v) is 4.01. The summed E-state index contributed by atoms with van der Waals surface area (Å²) in [5.41, 5.74) is 0. The van der Waals surface area contributed by atoms with Gasteiger partial charge in [0.15, 0.2) is 9.84 Å². The number of carbonyl (C=O) groups is 1. The molecule has 1 heterocycles. The van der Waals surface area contributed by atoms with Gasteiger partial charge in [0.2, 0.25) is 0 Å². The van der Waals surface area contributed by atoms with Crippen LogP contribution in [0.4, 0.5) is 0 Å². The monoisotopic (exact) mass is 310 g/mol. The second kappa shape index (κ2) is 5.67. The van der Waals surface area contributed by atoms with Gasteiger partial charge >= 0.3 is 5.97 Å². The standard InChI is InChI=1S/C15H18O5S/c16-15(12-7-8-21(17,18)10-12)20-14-5-3-13(4-6-14)19-9-11-1-2-11/h3-6,11-12H,1-2,7-10H2/t12-/m1/s1. The number of esters is 1. The van der Waals surface area contributed by atoms with Gasteiger partial charge in [-0.1, -0.05) is 0 Å². The molecule has 0 amide bonds. The van der Waals surface area contributed by atoms with Crippen LogP contribution in [0.25, 0.3) is 0 Å². The molecule has 0 radical (unpaired) electrons. The molecule has 0 unspecified atom stereocenters. The van der Waals surface area contributed by atoms with Crippen LogP contribution in [0.2, 0.25) is 0 Å². The molecule has 6 heteroatoms. The van der Waals surface area contributed by atoms with E-state index < -0.39 is 21.7 Å². The van der Waals surface area contributed by atoms with E-state index in [0.29, 0.717) is 18.1 Å². The highest BCUT2D eigenvalue weighted by Crippen LogP contribution is 2.30. The summed E-state index contributed by atoms with van der Waals surface area (Å²) in [7, 11) is -3.07. The quantitative estimate of drug-likeness (QED) is 0.613. The van der Waals surface area contributed by atoms with E-state index in [2.05, 4.69) is 0 Å². The summed E-state index contributed by atoms with van der Waals surface area (Å²) < 4.78 is 33.5. The minimum Gasteiger partial charge on any atom is -0.493 e. The molecule has 0 bridgehead atoms. The van der Waals surface area contributed by atoms with E-state index in [9.17, 15) is 13.2 Å². The van der Waals surface area contributed by atoms with Crippen LogP contribution in [-0.2, 0) is 14.6 Å². The zero-order valence-electron chi connectivity index (χ0n) is 11.7. The first kappa shape index (κ1) is 14.4. The van der Waals surface area contributed by atoms with Crippen LogP contribution in [-0.4, -0.2) is 32.5 Å². The Morgan fingerprint density at radius 3 is 2.33 bits per heavy atom. The fourth-order valence-electron chi connectivity index (χ4n) is 2.28. The van der Waals surface area contributed by atoms with E-state index in [1.807, 2.05) is 0 Å². The van der Waals surface area contributed by atoms with Gasteiger partial charge in [-0.25, -0.2) is 8.42 Å². The first-order valence-corrected chi connectivity index (χ1v) is 8.99. The van der Waals surface area contributed by atoms with Gasteiger partial charge in [0.1, 0.15) is 11.5 Å². The average molecular weight is 310 g/mol. The molecule has 1 saturated carbocycles. The van der Waals surface area contributed by atoms with Crippen LogP contribution in [0, 0.1) is 11.8 Å². The van der Waals surface area contributed by atoms with Crippen molar-refractivity contribution in [2.75, 3.05) is 18.1 Å². The molecule has 0 spiro atoms. The lowest BCUT2D eigenvalue weighted by Crippen LogP contribution is -2.21. The summed E-state index contributed by atoms with van der Waals surface area (Å²) in [6, 6.07) is 6.86. The molecular formula is C15H18O5S. The minimum atomic E-state index is -3.07. The van der Waals surface area contributed by atoms with Crippen LogP contribution in [0.1, 0.15) is 19.3 Å². The summed E-state index contributed by atoms with van der Waals surface area (Å²) in [4.78, 5) is 11.9. The highest BCUT2D eigenvalue weighted by Gasteiger charge is 2.34. The maximum absolute atomic E-state index is 11.9. The molecule has 3 rings (SSSR count). The molecule has 1 aliphatic carbocycles. The van der Waals surface area contributed by atoms with Crippen molar-refractivity contribution in [3.8, 4) is 11.5 Å². The van der Waals surface area contributed by atoms with Gasteiger partial charge in [-0.3, -0.25) is 4.79 Å². The van der Waals surface area contributed by atoms with E-state index in [1.54, 1.807) is 24.3 Å². The first-order chi connectivity index (χ1) is 10.0. The molecule has 2 aliphatic rings. The molecule has 1 aliphatic heterocycles. The molecule has 1 aromatic carbocycles. The van der Waals surface area contributed by atoms with Crippen molar-refractivity contribution in [2.45, 2.75) is 19.3 Å². The lowest BCUT2D eigenvalue weighted by atomic mass is 10.1. The molecule has 2 fully saturated rings. The first-order valence-electron chi connectivity index (χ1n) is 7.17. The maximum Gasteiger partial charge on any atom is 0.315 e. The largest absolute Gasteiger partial charge is 0.493 e. The molecule has 114 valence electrons. The van der Waals surface area contributed by atoms with Crippen molar-refractivity contribution in [3.63, 3.8) is 0 Å². The number of hydrogen-bond acceptors (Lipinski definition) is 5. The maximum atomic E-state index is 11.9. The second-order valence-electron chi connectivity index (χ2n) is 5.75. The second-order valence-corrected chi connectivity index (χ2v) is 7.98. The predicted molar refractivity (Wildman–Crippen MR) is 77.1 cm³/mol. The summed E-state index contributed by atoms with van der Waals surface area (Å²) >= 11 is 0. The van der Waals surface area contributed by atoms with E-state index in [1.165, 1.54) is 12.8 Å². The van der Waals surface area contributed by atoms with Gasteiger partial charge in [0, 0.05) is 0 Å². The van der Waals surface area contributed by atoms with E-state index in [0.717, 1.165) is 12.4 Å². The number of carbonyl (C=O) groups excluding carboxylic acids is 1. The van der Waals surface area contributed by atoms with E-state index in [4.69, 9.17) is 9.47 Å². The molecule has 0 aromatic heterocycles. The Balaban J connectivity index is 1.53. The van der Waals surface area contributed by atoms with Crippen LogP contribution in [0.5, 0.6) is 11.5 Å². The third kappa shape index (κ3) is 3.97. The molecule has 0 N–H and O–H groups in total. The lowest BCUT2D eigenvalue weighted by molar-refractivity contribution is -0.138. The van der Waals surface area contributed by atoms with Gasteiger partial charge < -0.3 is 9.47 Å². The smallest absolute Gasteiger partial charge is 0.315 e. The van der Waals surface area contributed by atoms with Crippen molar-refractivity contribution < 1.29 is 22.7 Å². The van der Waals surface area contributed by atoms with Crippen LogP contribution in [0.3, 0.4) is 0 Å². The predicted octanol–water partition coefficient (Wildman–Crippen LogP) is 1.82. The van der Waals surface area contributed by atoms with E-state index >= 15 is 0 Å². The average Bonchev–Trinajstić information content (AvgIpc) is 3.20. The normalized spacial score (nSPS) is 23.7. The highest BCUT2D eigenvalue weighted by atomic mass is 32.2. The molecule has 21 heavy (non-hydrogen) atoms. The zero-order chi connectivity index (χ0) is 14.9.